The maximum absolute atomic E-state index is 11.6. The summed E-state index contributed by atoms with van der Waals surface area (Å²) < 4.78 is 5.04. The number of carbonyl (C=O) groups excluding carboxylic acids is 1. The van der Waals surface area contributed by atoms with E-state index in [2.05, 4.69) is 5.32 Å². The Balaban J connectivity index is 0.00000289. The molecule has 0 aromatic heterocycles. The summed E-state index contributed by atoms with van der Waals surface area (Å²) in [5.74, 6) is -0.00290. The SMILES string of the molecule is COCc1cccc(NC(=O)CCC(C)N)c1.Cl. The van der Waals surface area contributed by atoms with E-state index in [4.69, 9.17) is 10.5 Å². The molecule has 0 aliphatic rings. The molecule has 1 aromatic rings. The number of benzene rings is 1. The van der Waals surface area contributed by atoms with Crippen LogP contribution in [0.1, 0.15) is 25.3 Å². The monoisotopic (exact) mass is 272 g/mol. The number of anilines is 1. The van der Waals surface area contributed by atoms with Gasteiger partial charge in [-0.15, -0.1) is 12.4 Å². The zero-order valence-electron chi connectivity index (χ0n) is 10.8. The van der Waals surface area contributed by atoms with E-state index in [1.54, 1.807) is 7.11 Å². The van der Waals surface area contributed by atoms with Gasteiger partial charge in [-0.25, -0.2) is 0 Å². The van der Waals surface area contributed by atoms with Gasteiger partial charge in [0.05, 0.1) is 6.61 Å². The predicted octanol–water partition coefficient (Wildman–Crippen LogP) is 2.32. The first-order chi connectivity index (χ1) is 8.11. The summed E-state index contributed by atoms with van der Waals surface area (Å²) in [6, 6.07) is 7.69. The van der Waals surface area contributed by atoms with Crippen molar-refractivity contribution >= 4 is 24.0 Å². The van der Waals surface area contributed by atoms with E-state index in [-0.39, 0.29) is 24.4 Å². The number of carbonyl (C=O) groups is 1. The second-order valence-corrected chi connectivity index (χ2v) is 4.20. The summed E-state index contributed by atoms with van der Waals surface area (Å²) in [4.78, 5) is 11.6. The van der Waals surface area contributed by atoms with Crippen LogP contribution in [0.4, 0.5) is 5.69 Å². The Labute approximate surface area is 114 Å². The highest BCUT2D eigenvalue weighted by atomic mass is 35.5. The lowest BCUT2D eigenvalue weighted by Gasteiger charge is -2.08. The summed E-state index contributed by atoms with van der Waals surface area (Å²) in [5, 5.41) is 2.85. The van der Waals surface area contributed by atoms with Crippen LogP contribution in [-0.4, -0.2) is 19.1 Å². The second-order valence-electron chi connectivity index (χ2n) is 4.20. The van der Waals surface area contributed by atoms with E-state index in [9.17, 15) is 4.79 Å². The molecule has 0 saturated carbocycles. The third-order valence-corrected chi connectivity index (χ3v) is 2.35. The van der Waals surface area contributed by atoms with Gasteiger partial charge in [-0.1, -0.05) is 12.1 Å². The van der Waals surface area contributed by atoms with Gasteiger partial charge < -0.3 is 15.8 Å². The minimum Gasteiger partial charge on any atom is -0.380 e. The van der Waals surface area contributed by atoms with E-state index < -0.39 is 0 Å². The quantitative estimate of drug-likeness (QED) is 0.835. The maximum Gasteiger partial charge on any atom is 0.224 e. The third kappa shape index (κ3) is 6.59. The van der Waals surface area contributed by atoms with Crippen molar-refractivity contribution in [1.82, 2.24) is 0 Å². The first-order valence-electron chi connectivity index (χ1n) is 5.75. The van der Waals surface area contributed by atoms with Gasteiger partial charge in [0.15, 0.2) is 0 Å². The smallest absolute Gasteiger partial charge is 0.224 e. The lowest BCUT2D eigenvalue weighted by molar-refractivity contribution is -0.116. The first-order valence-corrected chi connectivity index (χ1v) is 5.75. The Hall–Kier alpha value is -1.10. The number of halogens is 1. The summed E-state index contributed by atoms with van der Waals surface area (Å²) in [7, 11) is 1.65. The normalized spacial score (nSPS) is 11.5. The second kappa shape index (κ2) is 8.91. The van der Waals surface area contributed by atoms with Crippen LogP contribution in [-0.2, 0) is 16.1 Å². The molecule has 0 bridgehead atoms. The molecule has 0 heterocycles. The van der Waals surface area contributed by atoms with Gasteiger partial charge in [-0.2, -0.15) is 0 Å². The number of hydrogen-bond donors (Lipinski definition) is 2. The van der Waals surface area contributed by atoms with Crippen molar-refractivity contribution in [3.63, 3.8) is 0 Å². The summed E-state index contributed by atoms with van der Waals surface area (Å²) in [5.41, 5.74) is 7.44. The lowest BCUT2D eigenvalue weighted by Crippen LogP contribution is -2.19. The minimum absolute atomic E-state index is 0. The summed E-state index contributed by atoms with van der Waals surface area (Å²) in [6.07, 6.45) is 1.15. The average Bonchev–Trinajstić information content (AvgIpc) is 2.27. The van der Waals surface area contributed by atoms with Gasteiger partial charge >= 0.3 is 0 Å². The molecule has 0 aliphatic carbocycles. The van der Waals surface area contributed by atoms with Gasteiger partial charge in [-0.05, 0) is 31.0 Å². The molecule has 1 unspecified atom stereocenters. The molecule has 0 aliphatic heterocycles. The Morgan fingerprint density at radius 2 is 2.22 bits per heavy atom. The Morgan fingerprint density at radius 1 is 1.50 bits per heavy atom. The highest BCUT2D eigenvalue weighted by molar-refractivity contribution is 5.90. The van der Waals surface area contributed by atoms with Crippen molar-refractivity contribution < 1.29 is 9.53 Å². The molecule has 4 nitrogen and oxygen atoms in total. The third-order valence-electron chi connectivity index (χ3n) is 2.35. The van der Waals surface area contributed by atoms with Crippen LogP contribution in [0.15, 0.2) is 24.3 Å². The highest BCUT2D eigenvalue weighted by Gasteiger charge is 2.04. The molecule has 5 heteroatoms. The number of hydrogen-bond acceptors (Lipinski definition) is 3. The number of ether oxygens (including phenoxy) is 1. The minimum atomic E-state index is -0.00290. The van der Waals surface area contributed by atoms with E-state index in [1.165, 1.54) is 0 Å². The molecular weight excluding hydrogens is 252 g/mol. The molecule has 0 fully saturated rings. The fraction of sp³-hybridized carbons (Fsp3) is 0.462. The molecule has 0 radical (unpaired) electrons. The van der Waals surface area contributed by atoms with Crippen molar-refractivity contribution in [3.05, 3.63) is 29.8 Å². The van der Waals surface area contributed by atoms with Crippen LogP contribution >= 0.6 is 12.4 Å². The highest BCUT2D eigenvalue weighted by Crippen LogP contribution is 2.12. The predicted molar refractivity (Wildman–Crippen MR) is 75.9 cm³/mol. The Bertz CT molecular complexity index is 370. The zero-order valence-corrected chi connectivity index (χ0v) is 11.6. The van der Waals surface area contributed by atoms with Crippen LogP contribution in [0.2, 0.25) is 0 Å². The zero-order chi connectivity index (χ0) is 12.7. The van der Waals surface area contributed by atoms with E-state index >= 15 is 0 Å². The Kier molecular flexibility index (Phi) is 8.37. The van der Waals surface area contributed by atoms with Crippen LogP contribution in [0.5, 0.6) is 0 Å². The van der Waals surface area contributed by atoms with Crippen molar-refractivity contribution in [1.29, 1.82) is 0 Å². The molecule has 3 N–H and O–H groups in total. The van der Waals surface area contributed by atoms with E-state index in [0.29, 0.717) is 19.4 Å². The van der Waals surface area contributed by atoms with E-state index in [0.717, 1.165) is 11.3 Å². The molecule has 18 heavy (non-hydrogen) atoms. The molecule has 1 aromatic carbocycles. The van der Waals surface area contributed by atoms with Crippen LogP contribution in [0.25, 0.3) is 0 Å². The molecule has 1 atom stereocenters. The van der Waals surface area contributed by atoms with Gasteiger partial charge in [0, 0.05) is 25.3 Å². The molecule has 0 spiro atoms. The summed E-state index contributed by atoms with van der Waals surface area (Å²) in [6.45, 7) is 2.44. The van der Waals surface area contributed by atoms with Crippen molar-refractivity contribution in [2.24, 2.45) is 5.73 Å². The molecule has 1 amide bonds. The standard InChI is InChI=1S/C13H20N2O2.ClH/c1-10(14)6-7-13(16)15-12-5-3-4-11(8-12)9-17-2;/h3-5,8,10H,6-7,9,14H2,1-2H3,(H,15,16);1H. The summed E-state index contributed by atoms with van der Waals surface area (Å²) >= 11 is 0. The fourth-order valence-corrected chi connectivity index (χ4v) is 1.49. The number of amides is 1. The van der Waals surface area contributed by atoms with Crippen molar-refractivity contribution in [2.45, 2.75) is 32.4 Å². The van der Waals surface area contributed by atoms with Crippen molar-refractivity contribution in [2.75, 3.05) is 12.4 Å². The average molecular weight is 273 g/mol. The van der Waals surface area contributed by atoms with Crippen molar-refractivity contribution in [3.8, 4) is 0 Å². The Morgan fingerprint density at radius 3 is 2.83 bits per heavy atom. The van der Waals surface area contributed by atoms with Crippen LogP contribution in [0, 0.1) is 0 Å². The molecular formula is C13H21ClN2O2. The van der Waals surface area contributed by atoms with Gasteiger partial charge in [0.25, 0.3) is 0 Å². The number of methoxy groups -OCH3 is 1. The number of nitrogens with one attached hydrogen (secondary N) is 1. The lowest BCUT2D eigenvalue weighted by atomic mass is 10.1. The largest absolute Gasteiger partial charge is 0.380 e. The van der Waals surface area contributed by atoms with Crippen LogP contribution < -0.4 is 11.1 Å². The maximum atomic E-state index is 11.6. The molecule has 0 saturated heterocycles. The van der Waals surface area contributed by atoms with Crippen LogP contribution in [0.3, 0.4) is 0 Å². The van der Waals surface area contributed by atoms with Gasteiger partial charge in [-0.3, -0.25) is 4.79 Å². The number of nitrogens with two attached hydrogens (primary N) is 1. The molecule has 1 rings (SSSR count). The topological polar surface area (TPSA) is 64.3 Å². The molecule has 102 valence electrons. The van der Waals surface area contributed by atoms with Gasteiger partial charge in [0.2, 0.25) is 5.91 Å². The van der Waals surface area contributed by atoms with E-state index in [1.807, 2.05) is 31.2 Å². The van der Waals surface area contributed by atoms with Gasteiger partial charge in [0.1, 0.15) is 0 Å². The first kappa shape index (κ1) is 16.9. The fourth-order valence-electron chi connectivity index (χ4n) is 1.49. The number of rotatable bonds is 6.